The van der Waals surface area contributed by atoms with Gasteiger partial charge in [-0.3, -0.25) is 0 Å². The largest absolute Gasteiger partial charge is 0.508 e. The van der Waals surface area contributed by atoms with Gasteiger partial charge in [-0.25, -0.2) is 4.79 Å². The van der Waals surface area contributed by atoms with Gasteiger partial charge < -0.3 is 24.3 Å². The molecule has 3 aromatic rings. The number of nitrogens with one attached hydrogen (secondary N) is 1. The third-order valence-electron chi connectivity index (χ3n) is 5.67. The van der Waals surface area contributed by atoms with E-state index >= 15 is 0 Å². The summed E-state index contributed by atoms with van der Waals surface area (Å²) in [7, 11) is 0. The van der Waals surface area contributed by atoms with Crippen molar-refractivity contribution in [1.82, 2.24) is 0 Å². The molecule has 1 atom stereocenters. The first-order chi connectivity index (χ1) is 15.1. The van der Waals surface area contributed by atoms with Crippen molar-refractivity contribution in [2.45, 2.75) is 51.9 Å². The van der Waals surface area contributed by atoms with Crippen molar-refractivity contribution in [2.75, 3.05) is 18.5 Å². The van der Waals surface area contributed by atoms with Crippen LogP contribution in [-0.4, -0.2) is 24.4 Å². The van der Waals surface area contributed by atoms with Crippen molar-refractivity contribution < 1.29 is 19.0 Å². The molecular weight excluding hydrogens is 394 g/mol. The predicted octanol–water partition coefficient (Wildman–Crippen LogP) is 4.76. The van der Waals surface area contributed by atoms with Crippen molar-refractivity contribution in [3.05, 3.63) is 69.6 Å². The molecule has 1 aliphatic rings. The van der Waals surface area contributed by atoms with Crippen LogP contribution in [0.2, 0.25) is 0 Å². The van der Waals surface area contributed by atoms with Crippen molar-refractivity contribution in [3.63, 3.8) is 0 Å². The second-order valence-electron chi connectivity index (χ2n) is 7.98. The lowest BCUT2D eigenvalue weighted by Gasteiger charge is -2.22. The number of aryl methyl sites for hydroxylation is 1. The standard InChI is InChI=1S/C25H29NO5/c1-2-18-11-22-19(12-25(28)31-24(22)13-23(18)27)14-26-20-7-5-6-17(10-20)15-29-16-21-8-3-4-9-30-21/h5-7,10-13,21,26-27H,2-4,8-9,14-16H2,1H3. The van der Waals surface area contributed by atoms with E-state index in [1.807, 2.05) is 31.2 Å². The molecule has 0 spiro atoms. The van der Waals surface area contributed by atoms with Crippen LogP contribution in [0.3, 0.4) is 0 Å². The second-order valence-corrected chi connectivity index (χ2v) is 7.98. The Morgan fingerprint density at radius 3 is 2.87 bits per heavy atom. The van der Waals surface area contributed by atoms with Crippen LogP contribution in [0.5, 0.6) is 5.75 Å². The number of hydrogen-bond donors (Lipinski definition) is 2. The van der Waals surface area contributed by atoms with E-state index in [0.717, 1.165) is 47.2 Å². The number of benzene rings is 2. The molecule has 0 bridgehead atoms. The fourth-order valence-corrected chi connectivity index (χ4v) is 3.95. The van der Waals surface area contributed by atoms with E-state index in [1.54, 1.807) is 0 Å². The zero-order valence-electron chi connectivity index (χ0n) is 17.9. The minimum atomic E-state index is -0.431. The minimum Gasteiger partial charge on any atom is -0.508 e. The minimum absolute atomic E-state index is 0.148. The lowest BCUT2D eigenvalue weighted by molar-refractivity contribution is -0.0447. The van der Waals surface area contributed by atoms with Crippen LogP contribution in [0.1, 0.15) is 42.9 Å². The van der Waals surface area contributed by atoms with Crippen LogP contribution < -0.4 is 10.9 Å². The van der Waals surface area contributed by atoms with E-state index in [0.29, 0.717) is 31.8 Å². The molecule has 0 amide bonds. The zero-order valence-corrected chi connectivity index (χ0v) is 17.9. The van der Waals surface area contributed by atoms with E-state index < -0.39 is 5.63 Å². The number of fused-ring (bicyclic) bond motifs is 1. The maximum atomic E-state index is 12.0. The van der Waals surface area contributed by atoms with Crippen LogP contribution in [0, 0.1) is 0 Å². The summed E-state index contributed by atoms with van der Waals surface area (Å²) in [5.41, 5.74) is 3.65. The molecule has 2 heterocycles. The number of aromatic hydroxyl groups is 1. The molecule has 1 aromatic heterocycles. The number of phenols is 1. The van der Waals surface area contributed by atoms with E-state index in [2.05, 4.69) is 11.4 Å². The molecule has 0 aliphatic carbocycles. The molecule has 6 heteroatoms. The van der Waals surface area contributed by atoms with Crippen molar-refractivity contribution in [3.8, 4) is 5.75 Å². The highest BCUT2D eigenvalue weighted by atomic mass is 16.5. The molecule has 164 valence electrons. The Morgan fingerprint density at radius 1 is 1.16 bits per heavy atom. The average Bonchev–Trinajstić information content (AvgIpc) is 2.78. The predicted molar refractivity (Wildman–Crippen MR) is 121 cm³/mol. The lowest BCUT2D eigenvalue weighted by Crippen LogP contribution is -2.24. The Morgan fingerprint density at radius 2 is 2.06 bits per heavy atom. The van der Waals surface area contributed by atoms with Crippen LogP contribution in [0.15, 0.2) is 51.7 Å². The lowest BCUT2D eigenvalue weighted by atomic mass is 10.0. The summed E-state index contributed by atoms with van der Waals surface area (Å²) in [5, 5.41) is 14.3. The first kappa shape index (κ1) is 21.4. The molecule has 2 N–H and O–H groups in total. The van der Waals surface area contributed by atoms with Gasteiger partial charge in [0, 0.05) is 36.4 Å². The van der Waals surface area contributed by atoms with Crippen LogP contribution in [0.4, 0.5) is 5.69 Å². The summed E-state index contributed by atoms with van der Waals surface area (Å²) in [6.07, 6.45) is 4.32. The molecule has 1 aliphatic heterocycles. The molecule has 1 saturated heterocycles. The van der Waals surface area contributed by atoms with Gasteiger partial charge in [-0.15, -0.1) is 0 Å². The van der Waals surface area contributed by atoms with Gasteiger partial charge in [-0.1, -0.05) is 19.1 Å². The number of hydrogen-bond acceptors (Lipinski definition) is 6. The normalized spacial score (nSPS) is 16.5. The van der Waals surface area contributed by atoms with Crippen molar-refractivity contribution in [1.29, 1.82) is 0 Å². The Kier molecular flexibility index (Phi) is 6.89. The monoisotopic (exact) mass is 423 g/mol. The van der Waals surface area contributed by atoms with Crippen LogP contribution in [-0.2, 0) is 29.0 Å². The highest BCUT2D eigenvalue weighted by Crippen LogP contribution is 2.27. The molecule has 2 aromatic carbocycles. The summed E-state index contributed by atoms with van der Waals surface area (Å²) < 4.78 is 16.8. The van der Waals surface area contributed by atoms with Crippen molar-refractivity contribution in [2.24, 2.45) is 0 Å². The van der Waals surface area contributed by atoms with Crippen LogP contribution >= 0.6 is 0 Å². The number of phenolic OH excluding ortho intramolecular Hbond substituents is 1. The molecule has 31 heavy (non-hydrogen) atoms. The molecule has 1 fully saturated rings. The van der Waals surface area contributed by atoms with E-state index in [9.17, 15) is 9.90 Å². The Balaban J connectivity index is 1.42. The van der Waals surface area contributed by atoms with Gasteiger partial charge in [0.15, 0.2) is 0 Å². The molecule has 0 radical (unpaired) electrons. The van der Waals surface area contributed by atoms with E-state index in [1.165, 1.54) is 18.6 Å². The molecule has 1 unspecified atom stereocenters. The topological polar surface area (TPSA) is 80.9 Å². The smallest absolute Gasteiger partial charge is 0.336 e. The maximum Gasteiger partial charge on any atom is 0.336 e. The zero-order chi connectivity index (χ0) is 21.6. The van der Waals surface area contributed by atoms with E-state index in [-0.39, 0.29) is 11.9 Å². The van der Waals surface area contributed by atoms with Crippen molar-refractivity contribution >= 4 is 16.7 Å². The fourth-order valence-electron chi connectivity index (χ4n) is 3.95. The number of rotatable bonds is 8. The third kappa shape index (κ3) is 5.46. The molecular formula is C25H29NO5. The quantitative estimate of drug-likeness (QED) is 0.509. The Hall–Kier alpha value is -2.83. The number of anilines is 1. The van der Waals surface area contributed by atoms with Gasteiger partial charge in [0.25, 0.3) is 0 Å². The van der Waals surface area contributed by atoms with Gasteiger partial charge in [0.2, 0.25) is 0 Å². The van der Waals surface area contributed by atoms with Gasteiger partial charge in [0.05, 0.1) is 19.3 Å². The molecule has 4 rings (SSSR count). The number of ether oxygens (including phenoxy) is 2. The van der Waals surface area contributed by atoms with Gasteiger partial charge in [-0.05, 0) is 60.6 Å². The Labute approximate surface area is 181 Å². The second kappa shape index (κ2) is 9.98. The summed E-state index contributed by atoms with van der Waals surface area (Å²) in [4.78, 5) is 12.0. The summed E-state index contributed by atoms with van der Waals surface area (Å²) in [5.74, 6) is 0.148. The Bertz CT molecular complexity index is 1080. The summed E-state index contributed by atoms with van der Waals surface area (Å²) in [6.45, 7) is 4.43. The summed E-state index contributed by atoms with van der Waals surface area (Å²) >= 11 is 0. The summed E-state index contributed by atoms with van der Waals surface area (Å²) in [6, 6.07) is 13.0. The highest BCUT2D eigenvalue weighted by molar-refractivity contribution is 5.83. The third-order valence-corrected chi connectivity index (χ3v) is 5.67. The average molecular weight is 424 g/mol. The first-order valence-corrected chi connectivity index (χ1v) is 10.9. The maximum absolute atomic E-state index is 12.0. The van der Waals surface area contributed by atoms with Gasteiger partial charge >= 0.3 is 5.63 Å². The fraction of sp³-hybridized carbons (Fsp3) is 0.400. The molecule has 0 saturated carbocycles. The first-order valence-electron chi connectivity index (χ1n) is 10.9. The van der Waals surface area contributed by atoms with Gasteiger partial charge in [0.1, 0.15) is 11.3 Å². The van der Waals surface area contributed by atoms with E-state index in [4.69, 9.17) is 13.9 Å². The SMILES string of the molecule is CCc1cc2c(CNc3cccc(COCC4CCCCO4)c3)cc(=O)oc2cc1O. The van der Waals surface area contributed by atoms with Crippen LogP contribution in [0.25, 0.3) is 11.0 Å². The highest BCUT2D eigenvalue weighted by Gasteiger charge is 2.14. The van der Waals surface area contributed by atoms with Gasteiger partial charge in [-0.2, -0.15) is 0 Å². The molecule has 6 nitrogen and oxygen atoms in total.